The van der Waals surface area contributed by atoms with Crippen molar-refractivity contribution in [1.82, 2.24) is 24.5 Å². The molecule has 0 unspecified atom stereocenters. The molecule has 106 valence electrons. The lowest BCUT2D eigenvalue weighted by atomic mass is 10.4. The van der Waals surface area contributed by atoms with E-state index >= 15 is 0 Å². The number of nitrogens with zero attached hydrogens (tertiary/aromatic N) is 6. The summed E-state index contributed by atoms with van der Waals surface area (Å²) in [6, 6.07) is 0. The lowest BCUT2D eigenvalue weighted by molar-refractivity contribution is 0.804. The highest BCUT2D eigenvalue weighted by atomic mass is 15.3. The minimum atomic E-state index is 0.590. The molecule has 0 radical (unpaired) electrons. The van der Waals surface area contributed by atoms with Crippen molar-refractivity contribution < 1.29 is 0 Å². The predicted molar refractivity (Wildman–Crippen MR) is 77.3 cm³/mol. The Morgan fingerprint density at radius 1 is 1.15 bits per heavy atom. The van der Waals surface area contributed by atoms with Gasteiger partial charge in [0.25, 0.3) is 0 Å². The summed E-state index contributed by atoms with van der Waals surface area (Å²) in [5.74, 6) is 2.91. The van der Waals surface area contributed by atoms with Gasteiger partial charge >= 0.3 is 0 Å². The van der Waals surface area contributed by atoms with E-state index in [0.717, 1.165) is 31.3 Å². The second kappa shape index (κ2) is 5.44. The highest BCUT2D eigenvalue weighted by Gasteiger charge is 2.18. The molecule has 0 spiro atoms. The van der Waals surface area contributed by atoms with Crippen LogP contribution in [0.15, 0.2) is 12.4 Å². The number of nitrogens with one attached hydrogen (secondary N) is 1. The first kappa shape index (κ1) is 12.8. The first-order valence-corrected chi connectivity index (χ1v) is 7.03. The Morgan fingerprint density at radius 3 is 2.60 bits per heavy atom. The average Bonchev–Trinajstić information content (AvgIpc) is 3.17. The Bertz CT molecular complexity index is 586. The molecule has 1 N–H and O–H groups in total. The molecule has 1 aliphatic rings. The maximum Gasteiger partial charge on any atom is 0.241 e. The molecule has 7 nitrogen and oxygen atoms in total. The summed E-state index contributed by atoms with van der Waals surface area (Å²) in [4.78, 5) is 20.0. The molecule has 7 heteroatoms. The molecule has 20 heavy (non-hydrogen) atoms. The molecule has 3 rings (SSSR count). The number of aryl methyl sites for hydroxylation is 1. The Kier molecular flexibility index (Phi) is 3.49. The molecule has 3 heterocycles. The van der Waals surface area contributed by atoms with Gasteiger partial charge in [0, 0.05) is 39.0 Å². The molecule has 1 aliphatic heterocycles. The first-order chi connectivity index (χ1) is 9.81. The van der Waals surface area contributed by atoms with Crippen molar-refractivity contribution in [1.29, 1.82) is 0 Å². The van der Waals surface area contributed by atoms with Crippen LogP contribution in [0.1, 0.15) is 25.6 Å². The van der Waals surface area contributed by atoms with Crippen LogP contribution in [0.25, 0.3) is 5.95 Å². The van der Waals surface area contributed by atoms with Crippen molar-refractivity contribution in [3.63, 3.8) is 0 Å². The minimum absolute atomic E-state index is 0.590. The average molecular weight is 273 g/mol. The second-order valence-electron chi connectivity index (χ2n) is 4.77. The van der Waals surface area contributed by atoms with Gasteiger partial charge in [0.15, 0.2) is 0 Å². The Balaban J connectivity index is 2.03. The number of hydrogen-bond donors (Lipinski definition) is 1. The summed E-state index contributed by atoms with van der Waals surface area (Å²) < 4.78 is 1.92. The van der Waals surface area contributed by atoms with Crippen molar-refractivity contribution in [2.75, 3.05) is 30.4 Å². The Labute approximate surface area is 118 Å². The van der Waals surface area contributed by atoms with E-state index in [1.165, 1.54) is 12.8 Å². The van der Waals surface area contributed by atoms with E-state index in [4.69, 9.17) is 0 Å². The van der Waals surface area contributed by atoms with E-state index in [-0.39, 0.29) is 0 Å². The maximum atomic E-state index is 4.60. The van der Waals surface area contributed by atoms with E-state index in [0.29, 0.717) is 11.9 Å². The van der Waals surface area contributed by atoms with Gasteiger partial charge < -0.3 is 10.2 Å². The Hall–Kier alpha value is -2.18. The summed E-state index contributed by atoms with van der Waals surface area (Å²) >= 11 is 0. The SMILES string of the molecule is CCc1nccn1-c1nc(NC)nc(N2CCCC2)n1. The van der Waals surface area contributed by atoms with E-state index in [1.807, 2.05) is 17.8 Å². The van der Waals surface area contributed by atoms with Crippen LogP contribution in [0, 0.1) is 0 Å². The highest BCUT2D eigenvalue weighted by Crippen LogP contribution is 2.18. The van der Waals surface area contributed by atoms with Gasteiger partial charge in [-0.15, -0.1) is 0 Å². The Morgan fingerprint density at radius 2 is 1.90 bits per heavy atom. The third-order valence-electron chi connectivity index (χ3n) is 3.47. The molecule has 2 aromatic heterocycles. The minimum Gasteiger partial charge on any atom is -0.357 e. The summed E-state index contributed by atoms with van der Waals surface area (Å²) in [5, 5.41) is 3.01. The van der Waals surface area contributed by atoms with Gasteiger partial charge in [-0.25, -0.2) is 4.98 Å². The van der Waals surface area contributed by atoms with Crippen molar-refractivity contribution >= 4 is 11.9 Å². The van der Waals surface area contributed by atoms with Gasteiger partial charge in [0.05, 0.1) is 0 Å². The third kappa shape index (κ3) is 2.31. The van der Waals surface area contributed by atoms with Gasteiger partial charge in [-0.3, -0.25) is 4.57 Å². The fraction of sp³-hybridized carbons (Fsp3) is 0.538. The molecule has 2 aromatic rings. The monoisotopic (exact) mass is 273 g/mol. The number of anilines is 2. The van der Waals surface area contributed by atoms with E-state index in [1.54, 1.807) is 6.20 Å². The summed E-state index contributed by atoms with van der Waals surface area (Å²) in [5.41, 5.74) is 0. The summed E-state index contributed by atoms with van der Waals surface area (Å²) in [6.07, 6.45) is 6.90. The molecule has 0 amide bonds. The quantitative estimate of drug-likeness (QED) is 0.904. The summed E-state index contributed by atoms with van der Waals surface area (Å²) in [7, 11) is 1.82. The fourth-order valence-corrected chi connectivity index (χ4v) is 2.41. The zero-order chi connectivity index (χ0) is 13.9. The van der Waals surface area contributed by atoms with Crippen molar-refractivity contribution in [2.45, 2.75) is 26.2 Å². The van der Waals surface area contributed by atoms with Gasteiger partial charge in [0.2, 0.25) is 17.8 Å². The predicted octanol–water partition coefficient (Wildman–Crippen LogP) is 1.26. The van der Waals surface area contributed by atoms with Gasteiger partial charge in [-0.2, -0.15) is 15.0 Å². The first-order valence-electron chi connectivity index (χ1n) is 7.03. The molecule has 1 saturated heterocycles. The molecule has 0 aliphatic carbocycles. The van der Waals surface area contributed by atoms with Crippen molar-refractivity contribution in [3.05, 3.63) is 18.2 Å². The highest BCUT2D eigenvalue weighted by molar-refractivity contribution is 5.40. The van der Waals surface area contributed by atoms with Crippen LogP contribution >= 0.6 is 0 Å². The zero-order valence-corrected chi connectivity index (χ0v) is 11.9. The number of aromatic nitrogens is 5. The topological polar surface area (TPSA) is 71.8 Å². The fourth-order valence-electron chi connectivity index (χ4n) is 2.41. The third-order valence-corrected chi connectivity index (χ3v) is 3.47. The second-order valence-corrected chi connectivity index (χ2v) is 4.77. The van der Waals surface area contributed by atoms with Crippen LogP contribution in [-0.4, -0.2) is 44.6 Å². The van der Waals surface area contributed by atoms with Crippen LogP contribution in [0.5, 0.6) is 0 Å². The molecular formula is C13H19N7. The van der Waals surface area contributed by atoms with Gasteiger partial charge in [-0.05, 0) is 12.8 Å². The standard InChI is InChI=1S/C13H19N7/c1-3-10-15-6-9-20(10)13-17-11(14-2)16-12(18-13)19-7-4-5-8-19/h6,9H,3-5,7-8H2,1-2H3,(H,14,16,17,18). The van der Waals surface area contributed by atoms with Crippen LogP contribution in [0.3, 0.4) is 0 Å². The normalized spacial score (nSPS) is 14.8. The van der Waals surface area contributed by atoms with Gasteiger partial charge in [-0.1, -0.05) is 6.92 Å². The number of hydrogen-bond acceptors (Lipinski definition) is 6. The van der Waals surface area contributed by atoms with Crippen LogP contribution < -0.4 is 10.2 Å². The number of imidazole rings is 1. The van der Waals surface area contributed by atoms with Crippen LogP contribution in [0.2, 0.25) is 0 Å². The molecular weight excluding hydrogens is 254 g/mol. The molecule has 0 aromatic carbocycles. The molecule has 1 fully saturated rings. The maximum absolute atomic E-state index is 4.60. The van der Waals surface area contributed by atoms with Gasteiger partial charge in [0.1, 0.15) is 5.82 Å². The lowest BCUT2D eigenvalue weighted by Crippen LogP contribution is -2.22. The molecule has 0 atom stereocenters. The number of rotatable bonds is 4. The molecule has 0 bridgehead atoms. The molecule has 0 saturated carbocycles. The van der Waals surface area contributed by atoms with Crippen LogP contribution in [-0.2, 0) is 6.42 Å². The summed E-state index contributed by atoms with van der Waals surface area (Å²) in [6.45, 7) is 4.09. The van der Waals surface area contributed by atoms with Crippen LogP contribution in [0.4, 0.5) is 11.9 Å². The van der Waals surface area contributed by atoms with Crippen molar-refractivity contribution in [2.24, 2.45) is 0 Å². The largest absolute Gasteiger partial charge is 0.357 e. The van der Waals surface area contributed by atoms with E-state index < -0.39 is 0 Å². The lowest BCUT2D eigenvalue weighted by Gasteiger charge is -2.16. The smallest absolute Gasteiger partial charge is 0.241 e. The van der Waals surface area contributed by atoms with Crippen molar-refractivity contribution in [3.8, 4) is 5.95 Å². The van der Waals surface area contributed by atoms with E-state index in [2.05, 4.69) is 37.1 Å². The van der Waals surface area contributed by atoms with E-state index in [9.17, 15) is 0 Å². The zero-order valence-electron chi connectivity index (χ0n) is 11.9.